The molecule has 0 aliphatic rings. The summed E-state index contributed by atoms with van der Waals surface area (Å²) in [6.45, 7) is 3.11. The quantitative estimate of drug-likeness (QED) is 0.488. The summed E-state index contributed by atoms with van der Waals surface area (Å²) in [7, 11) is 5.20. The number of rotatable bonds is 6. The van der Waals surface area contributed by atoms with Crippen molar-refractivity contribution in [3.05, 3.63) is 41.0 Å². The van der Waals surface area contributed by atoms with Crippen LogP contribution in [0.4, 0.5) is 19.0 Å². The largest absolute Gasteiger partial charge is 0.507 e. The van der Waals surface area contributed by atoms with E-state index in [2.05, 4.69) is 15.3 Å². The van der Waals surface area contributed by atoms with Crippen molar-refractivity contribution in [2.45, 2.75) is 13.1 Å². The van der Waals surface area contributed by atoms with Crippen LogP contribution in [0.15, 0.2) is 29.3 Å². The predicted molar refractivity (Wildman–Crippen MR) is 112 cm³/mol. The molecule has 10 heteroatoms. The molecule has 7 nitrogen and oxygen atoms in total. The third-order valence-corrected chi connectivity index (χ3v) is 4.02. The van der Waals surface area contributed by atoms with Crippen molar-refractivity contribution < 1.29 is 23.1 Å². The standard InChI is InChI=1S/C15H14F3N3O.C5H12N2O/c1-8-5-10(15(16,17)18)6-12(22)13(8)11-4-3-9(7-20-2)14(19)21-11;1-6-3-4-7(2)5-8/h3-7,22H,1-2H3,(H2,19,21);5-6H,3-4H2,1-2H3. The minimum atomic E-state index is -4.52. The fourth-order valence-corrected chi connectivity index (χ4v) is 2.48. The third-order valence-electron chi connectivity index (χ3n) is 4.02. The Hall–Kier alpha value is -3.14. The van der Waals surface area contributed by atoms with Gasteiger partial charge in [-0.3, -0.25) is 9.79 Å². The Kier molecular flexibility index (Phi) is 9.25. The van der Waals surface area contributed by atoms with Gasteiger partial charge in [-0.15, -0.1) is 0 Å². The molecule has 0 bridgehead atoms. The van der Waals surface area contributed by atoms with Crippen LogP contribution in [-0.4, -0.2) is 61.8 Å². The number of aromatic hydroxyl groups is 1. The van der Waals surface area contributed by atoms with E-state index in [4.69, 9.17) is 5.73 Å². The summed E-state index contributed by atoms with van der Waals surface area (Å²) in [5.74, 6) is -0.307. The molecule has 0 spiro atoms. The number of nitrogens with one attached hydrogen (secondary N) is 1. The van der Waals surface area contributed by atoms with Crippen LogP contribution in [0.25, 0.3) is 11.3 Å². The molecule has 0 unspecified atom stereocenters. The van der Waals surface area contributed by atoms with Crippen molar-refractivity contribution >= 4 is 18.4 Å². The number of carbonyl (C=O) groups is 1. The van der Waals surface area contributed by atoms with Crippen molar-refractivity contribution in [3.8, 4) is 17.0 Å². The number of aliphatic imine (C=N–C) groups is 1. The number of phenols is 1. The van der Waals surface area contributed by atoms with Gasteiger partial charge in [0.15, 0.2) is 0 Å². The second kappa shape index (κ2) is 11.1. The molecule has 1 aromatic heterocycles. The maximum atomic E-state index is 12.7. The number of hydrogen-bond acceptors (Lipinski definition) is 6. The number of amides is 1. The molecule has 0 aliphatic carbocycles. The minimum Gasteiger partial charge on any atom is -0.507 e. The van der Waals surface area contributed by atoms with Crippen molar-refractivity contribution in [2.24, 2.45) is 4.99 Å². The van der Waals surface area contributed by atoms with Crippen LogP contribution < -0.4 is 11.1 Å². The zero-order chi connectivity index (χ0) is 22.9. The van der Waals surface area contributed by atoms with Gasteiger partial charge in [0.2, 0.25) is 6.41 Å². The van der Waals surface area contributed by atoms with Crippen molar-refractivity contribution in [1.82, 2.24) is 15.2 Å². The van der Waals surface area contributed by atoms with Gasteiger partial charge in [0.05, 0.1) is 11.3 Å². The van der Waals surface area contributed by atoms with E-state index >= 15 is 0 Å². The minimum absolute atomic E-state index is 0.182. The van der Waals surface area contributed by atoms with E-state index in [0.717, 1.165) is 25.6 Å². The Bertz CT molecular complexity index is 862. The molecule has 0 atom stereocenters. The lowest BCUT2D eigenvalue weighted by Crippen LogP contribution is -2.25. The maximum absolute atomic E-state index is 12.7. The van der Waals surface area contributed by atoms with Gasteiger partial charge in [0.1, 0.15) is 11.6 Å². The van der Waals surface area contributed by atoms with Gasteiger partial charge < -0.3 is 21.1 Å². The van der Waals surface area contributed by atoms with Crippen LogP contribution in [0.5, 0.6) is 5.75 Å². The molecule has 0 radical (unpaired) electrons. The van der Waals surface area contributed by atoms with Gasteiger partial charge in [-0.2, -0.15) is 13.2 Å². The molecule has 164 valence electrons. The highest BCUT2D eigenvalue weighted by molar-refractivity contribution is 5.87. The number of carbonyl (C=O) groups excluding carboxylic acids is 1. The first kappa shape index (κ1) is 24.9. The molecule has 1 aromatic carbocycles. The number of nitrogens with zero attached hydrogens (tertiary/aromatic N) is 3. The number of nitrogen functional groups attached to an aromatic ring is 1. The number of hydrogen-bond donors (Lipinski definition) is 3. The second-order valence-corrected chi connectivity index (χ2v) is 6.43. The van der Waals surface area contributed by atoms with Crippen molar-refractivity contribution in [2.75, 3.05) is 40.0 Å². The Labute approximate surface area is 173 Å². The molecule has 2 aromatic rings. The fourth-order valence-electron chi connectivity index (χ4n) is 2.48. The number of benzene rings is 1. The smallest absolute Gasteiger partial charge is 0.416 e. The number of halogens is 3. The third kappa shape index (κ3) is 7.03. The molecular formula is C20H26F3N5O2. The van der Waals surface area contributed by atoms with Crippen LogP contribution in [-0.2, 0) is 11.0 Å². The molecule has 30 heavy (non-hydrogen) atoms. The highest BCUT2D eigenvalue weighted by Gasteiger charge is 2.32. The van der Waals surface area contributed by atoms with E-state index in [9.17, 15) is 23.1 Å². The number of likely N-dealkylation sites (N-methyl/N-ethyl adjacent to an activating group) is 2. The molecule has 0 saturated heterocycles. The Morgan fingerprint density at radius 1 is 1.33 bits per heavy atom. The van der Waals surface area contributed by atoms with Crippen LogP contribution in [0.1, 0.15) is 16.7 Å². The van der Waals surface area contributed by atoms with Gasteiger partial charge in [-0.25, -0.2) is 4.98 Å². The lowest BCUT2D eigenvalue weighted by atomic mass is 10.00. The number of anilines is 1. The average Bonchev–Trinajstić information content (AvgIpc) is 2.67. The van der Waals surface area contributed by atoms with E-state index in [-0.39, 0.29) is 16.9 Å². The summed E-state index contributed by atoms with van der Waals surface area (Å²) >= 11 is 0. The first-order valence-electron chi connectivity index (χ1n) is 8.95. The summed E-state index contributed by atoms with van der Waals surface area (Å²) < 4.78 is 38.2. The van der Waals surface area contributed by atoms with E-state index in [1.54, 1.807) is 31.1 Å². The van der Waals surface area contributed by atoms with E-state index < -0.39 is 17.5 Å². The predicted octanol–water partition coefficient (Wildman–Crippen LogP) is 2.71. The first-order valence-corrected chi connectivity index (χ1v) is 8.95. The molecule has 1 amide bonds. The summed E-state index contributed by atoms with van der Waals surface area (Å²) in [6.07, 6.45) is -2.18. The van der Waals surface area contributed by atoms with Crippen LogP contribution in [0.2, 0.25) is 0 Å². The monoisotopic (exact) mass is 425 g/mol. The molecule has 0 fully saturated rings. The highest BCUT2D eigenvalue weighted by atomic mass is 19.4. The summed E-state index contributed by atoms with van der Waals surface area (Å²) in [4.78, 5) is 19.4. The van der Waals surface area contributed by atoms with Gasteiger partial charge in [0, 0.05) is 44.5 Å². The first-order chi connectivity index (χ1) is 14.0. The molecule has 0 saturated carbocycles. The SMILES string of the molecule is CN=Cc1ccc(-c2c(C)cc(C(F)(F)F)cc2O)nc1N.CNCCN(C)C=O. The molecule has 2 rings (SSSR count). The Morgan fingerprint density at radius 3 is 2.47 bits per heavy atom. The molecular weight excluding hydrogens is 399 g/mol. The number of pyridine rings is 1. The number of nitrogens with two attached hydrogens (primary N) is 1. The second-order valence-electron chi connectivity index (χ2n) is 6.43. The van der Waals surface area contributed by atoms with Crippen LogP contribution in [0.3, 0.4) is 0 Å². The Balaban J connectivity index is 0.000000479. The lowest BCUT2D eigenvalue weighted by molar-refractivity contribution is -0.137. The Morgan fingerprint density at radius 2 is 2.00 bits per heavy atom. The zero-order valence-corrected chi connectivity index (χ0v) is 17.3. The lowest BCUT2D eigenvalue weighted by Gasteiger charge is -2.13. The van der Waals surface area contributed by atoms with E-state index in [1.807, 2.05) is 7.05 Å². The summed E-state index contributed by atoms with van der Waals surface area (Å²) in [6, 6.07) is 4.86. The van der Waals surface area contributed by atoms with E-state index in [1.165, 1.54) is 13.1 Å². The maximum Gasteiger partial charge on any atom is 0.416 e. The van der Waals surface area contributed by atoms with Gasteiger partial charge >= 0.3 is 6.18 Å². The number of alkyl halides is 3. The summed E-state index contributed by atoms with van der Waals surface area (Å²) in [5, 5.41) is 12.9. The topological polar surface area (TPSA) is 104 Å². The summed E-state index contributed by atoms with van der Waals surface area (Å²) in [5.41, 5.74) is 6.25. The fraction of sp³-hybridized carbons (Fsp3) is 0.350. The van der Waals surface area contributed by atoms with Gasteiger partial charge in [-0.05, 0) is 43.8 Å². The zero-order valence-electron chi connectivity index (χ0n) is 17.3. The molecule has 4 N–H and O–H groups in total. The van der Waals surface area contributed by atoms with Crippen LogP contribution in [0, 0.1) is 6.92 Å². The van der Waals surface area contributed by atoms with Gasteiger partial charge in [-0.1, -0.05) is 0 Å². The normalized spacial score (nSPS) is 11.2. The number of aryl methyl sites for hydroxylation is 1. The molecule has 0 aliphatic heterocycles. The number of aromatic nitrogens is 1. The van der Waals surface area contributed by atoms with Crippen molar-refractivity contribution in [3.63, 3.8) is 0 Å². The highest BCUT2D eigenvalue weighted by Crippen LogP contribution is 2.38. The van der Waals surface area contributed by atoms with Gasteiger partial charge in [0.25, 0.3) is 0 Å². The van der Waals surface area contributed by atoms with Crippen LogP contribution >= 0.6 is 0 Å². The molecule has 1 heterocycles. The van der Waals surface area contributed by atoms with Crippen molar-refractivity contribution in [1.29, 1.82) is 0 Å². The average molecular weight is 425 g/mol. The number of phenolic OH excluding ortho intramolecular Hbond substituents is 1. The van der Waals surface area contributed by atoms with E-state index in [0.29, 0.717) is 17.3 Å².